The van der Waals surface area contributed by atoms with Crippen LogP contribution in [0.4, 0.5) is 5.69 Å². The highest BCUT2D eigenvalue weighted by Crippen LogP contribution is 2.16. The van der Waals surface area contributed by atoms with Crippen molar-refractivity contribution in [3.63, 3.8) is 0 Å². The third-order valence-corrected chi connectivity index (χ3v) is 1.56. The summed E-state index contributed by atoms with van der Waals surface area (Å²) in [7, 11) is 0. The molecule has 3 heteroatoms. The quantitative estimate of drug-likeness (QED) is 0.604. The molecule has 0 atom stereocenters. The minimum absolute atomic E-state index is 0.461. The van der Waals surface area contributed by atoms with E-state index in [4.69, 9.17) is 23.1 Å². The van der Waals surface area contributed by atoms with Crippen molar-refractivity contribution in [2.75, 3.05) is 5.73 Å². The number of nitrogen functional groups attached to an aromatic ring is 1. The lowest BCUT2D eigenvalue weighted by molar-refractivity contribution is 1.08. The number of hydrogen-bond acceptors (Lipinski definition) is 2. The van der Waals surface area contributed by atoms with Crippen molar-refractivity contribution in [3.8, 4) is 0 Å². The average Bonchev–Trinajstić information content (AvgIpc) is 1.88. The fourth-order valence-corrected chi connectivity index (χ4v) is 0.932. The van der Waals surface area contributed by atoms with E-state index in [9.17, 15) is 0 Å². The van der Waals surface area contributed by atoms with Crippen LogP contribution in [0.3, 0.4) is 0 Å². The second kappa shape index (κ2) is 2.90. The molecule has 1 rings (SSSR count). The second-order valence-electron chi connectivity index (χ2n) is 2.05. The number of rotatable bonds is 1. The summed E-state index contributed by atoms with van der Waals surface area (Å²) in [5.74, 6) is 0. The number of hydrogen-bond donors (Lipinski definition) is 2. The molecule has 2 nitrogen and oxygen atoms in total. The zero-order valence-corrected chi connectivity index (χ0v) is 6.23. The molecular formula is C7H9ClN2. The van der Waals surface area contributed by atoms with Crippen LogP contribution in [0, 0.1) is 0 Å². The number of nitrogens with two attached hydrogens (primary N) is 2. The van der Waals surface area contributed by atoms with Crippen LogP contribution in [0.5, 0.6) is 0 Å². The minimum atomic E-state index is 0.461. The van der Waals surface area contributed by atoms with Gasteiger partial charge in [-0.2, -0.15) is 0 Å². The first-order chi connectivity index (χ1) is 4.74. The fourth-order valence-electron chi connectivity index (χ4n) is 0.752. The molecule has 0 heterocycles. The van der Waals surface area contributed by atoms with Gasteiger partial charge in [0, 0.05) is 17.3 Å². The van der Waals surface area contributed by atoms with Gasteiger partial charge in [-0.05, 0) is 17.7 Å². The highest BCUT2D eigenvalue weighted by molar-refractivity contribution is 6.30. The Morgan fingerprint density at radius 2 is 2.10 bits per heavy atom. The smallest absolute Gasteiger partial charge is 0.0426 e. The van der Waals surface area contributed by atoms with E-state index in [0.717, 1.165) is 5.56 Å². The Morgan fingerprint density at radius 3 is 2.60 bits per heavy atom. The van der Waals surface area contributed by atoms with E-state index < -0.39 is 0 Å². The highest BCUT2D eigenvalue weighted by atomic mass is 35.5. The summed E-state index contributed by atoms with van der Waals surface area (Å²) in [6, 6.07) is 5.31. The average molecular weight is 157 g/mol. The molecule has 54 valence electrons. The number of benzene rings is 1. The van der Waals surface area contributed by atoms with E-state index in [0.29, 0.717) is 17.3 Å². The maximum Gasteiger partial charge on any atom is 0.0426 e. The predicted molar refractivity (Wildman–Crippen MR) is 43.8 cm³/mol. The van der Waals surface area contributed by atoms with Crippen LogP contribution < -0.4 is 11.5 Å². The lowest BCUT2D eigenvalue weighted by atomic mass is 10.2. The topological polar surface area (TPSA) is 52.0 Å². The van der Waals surface area contributed by atoms with Crippen molar-refractivity contribution >= 4 is 17.3 Å². The summed E-state index contributed by atoms with van der Waals surface area (Å²) in [5.41, 5.74) is 12.5. The lowest BCUT2D eigenvalue weighted by Gasteiger charge is -2.00. The normalized spacial score (nSPS) is 9.80. The summed E-state index contributed by atoms with van der Waals surface area (Å²) in [4.78, 5) is 0. The Balaban J connectivity index is 3.07. The Bertz CT molecular complexity index is 235. The maximum atomic E-state index is 5.65. The Morgan fingerprint density at radius 1 is 1.40 bits per heavy atom. The molecule has 0 fully saturated rings. The molecule has 0 amide bonds. The second-order valence-corrected chi connectivity index (χ2v) is 2.48. The Kier molecular flexibility index (Phi) is 2.14. The van der Waals surface area contributed by atoms with Gasteiger partial charge in [0.05, 0.1) is 0 Å². The van der Waals surface area contributed by atoms with E-state index in [1.165, 1.54) is 0 Å². The van der Waals surface area contributed by atoms with Gasteiger partial charge in [0.15, 0.2) is 0 Å². The molecule has 0 aliphatic carbocycles. The van der Waals surface area contributed by atoms with Gasteiger partial charge < -0.3 is 11.5 Å². The van der Waals surface area contributed by atoms with Crippen molar-refractivity contribution in [3.05, 3.63) is 28.8 Å². The van der Waals surface area contributed by atoms with Gasteiger partial charge in [0.25, 0.3) is 0 Å². The zero-order valence-electron chi connectivity index (χ0n) is 5.47. The van der Waals surface area contributed by atoms with Gasteiger partial charge in [-0.25, -0.2) is 0 Å². The van der Waals surface area contributed by atoms with Crippen LogP contribution in [-0.2, 0) is 6.54 Å². The maximum absolute atomic E-state index is 5.65. The largest absolute Gasteiger partial charge is 0.398 e. The molecule has 0 bridgehead atoms. The number of halogens is 1. The summed E-state index contributed by atoms with van der Waals surface area (Å²) in [5, 5.41) is 0.648. The van der Waals surface area contributed by atoms with Gasteiger partial charge in [-0.15, -0.1) is 0 Å². The van der Waals surface area contributed by atoms with E-state index in [1.807, 2.05) is 6.07 Å². The van der Waals surface area contributed by atoms with Crippen molar-refractivity contribution in [2.24, 2.45) is 5.73 Å². The van der Waals surface area contributed by atoms with Crippen molar-refractivity contribution < 1.29 is 0 Å². The molecule has 0 radical (unpaired) electrons. The van der Waals surface area contributed by atoms with E-state index in [-0.39, 0.29) is 0 Å². The third-order valence-electron chi connectivity index (χ3n) is 1.33. The van der Waals surface area contributed by atoms with Crippen LogP contribution in [0.15, 0.2) is 18.2 Å². The van der Waals surface area contributed by atoms with Crippen molar-refractivity contribution in [1.82, 2.24) is 0 Å². The summed E-state index contributed by atoms with van der Waals surface area (Å²) in [6.45, 7) is 0.461. The SMILES string of the molecule is NCc1ccc(Cl)cc1N. The van der Waals surface area contributed by atoms with Gasteiger partial charge in [0.1, 0.15) is 0 Å². The van der Waals surface area contributed by atoms with Gasteiger partial charge in [0.2, 0.25) is 0 Å². The van der Waals surface area contributed by atoms with Crippen LogP contribution in [0.25, 0.3) is 0 Å². The Hall–Kier alpha value is -0.730. The molecule has 10 heavy (non-hydrogen) atoms. The monoisotopic (exact) mass is 156 g/mol. The molecule has 0 saturated carbocycles. The molecule has 0 aliphatic heterocycles. The predicted octanol–water partition coefficient (Wildman–Crippen LogP) is 1.38. The lowest BCUT2D eigenvalue weighted by Crippen LogP contribution is -2.00. The molecule has 0 spiro atoms. The molecule has 1 aromatic carbocycles. The third kappa shape index (κ3) is 1.40. The fraction of sp³-hybridized carbons (Fsp3) is 0.143. The highest BCUT2D eigenvalue weighted by Gasteiger charge is 1.95. The Labute approximate surface area is 64.8 Å². The van der Waals surface area contributed by atoms with Crippen LogP contribution in [-0.4, -0.2) is 0 Å². The molecular weight excluding hydrogens is 148 g/mol. The van der Waals surface area contributed by atoms with Crippen LogP contribution in [0.2, 0.25) is 5.02 Å². The first-order valence-corrected chi connectivity index (χ1v) is 3.36. The molecule has 0 aliphatic rings. The van der Waals surface area contributed by atoms with Gasteiger partial charge in [-0.1, -0.05) is 17.7 Å². The first-order valence-electron chi connectivity index (χ1n) is 2.98. The van der Waals surface area contributed by atoms with E-state index in [2.05, 4.69) is 0 Å². The molecule has 4 N–H and O–H groups in total. The van der Waals surface area contributed by atoms with Crippen molar-refractivity contribution in [2.45, 2.75) is 6.54 Å². The molecule has 1 aromatic rings. The molecule has 0 saturated heterocycles. The van der Waals surface area contributed by atoms with Crippen molar-refractivity contribution in [1.29, 1.82) is 0 Å². The first kappa shape index (κ1) is 7.38. The number of anilines is 1. The summed E-state index contributed by atoms with van der Waals surface area (Å²) < 4.78 is 0. The summed E-state index contributed by atoms with van der Waals surface area (Å²) >= 11 is 5.65. The van der Waals surface area contributed by atoms with E-state index in [1.54, 1.807) is 12.1 Å². The van der Waals surface area contributed by atoms with E-state index >= 15 is 0 Å². The van der Waals surface area contributed by atoms with Crippen LogP contribution in [0.1, 0.15) is 5.56 Å². The van der Waals surface area contributed by atoms with Gasteiger partial charge in [-0.3, -0.25) is 0 Å². The molecule has 0 unspecified atom stereocenters. The van der Waals surface area contributed by atoms with Crippen LogP contribution >= 0.6 is 11.6 Å². The van der Waals surface area contributed by atoms with Gasteiger partial charge >= 0.3 is 0 Å². The minimum Gasteiger partial charge on any atom is -0.398 e. The zero-order chi connectivity index (χ0) is 7.56. The standard InChI is InChI=1S/C7H9ClN2/c8-6-2-1-5(4-9)7(10)3-6/h1-3H,4,9-10H2. The summed E-state index contributed by atoms with van der Waals surface area (Å²) in [6.07, 6.45) is 0. The molecule has 0 aromatic heterocycles.